The molecule has 0 heterocycles. The molecule has 4 aromatic carbocycles. The van der Waals surface area contributed by atoms with Crippen molar-refractivity contribution >= 4 is 11.4 Å². The zero-order valence-corrected chi connectivity index (χ0v) is 22.2. The van der Waals surface area contributed by atoms with Gasteiger partial charge in [0.15, 0.2) is 0 Å². The highest BCUT2D eigenvalue weighted by Gasteiger charge is 2.29. The van der Waals surface area contributed by atoms with Crippen LogP contribution < -0.4 is 24.8 Å². The number of aliphatic hydroxyl groups excluding tert-OH is 1. The van der Waals surface area contributed by atoms with Gasteiger partial charge in [-0.05, 0) is 72.6 Å². The van der Waals surface area contributed by atoms with Gasteiger partial charge in [-0.25, -0.2) is 0 Å². The number of hydrogen-bond acceptors (Lipinski definition) is 6. The molecule has 9 heteroatoms. The molecule has 0 atom stereocenters. The van der Waals surface area contributed by atoms with Gasteiger partial charge in [0.25, 0.3) is 0 Å². The Labute approximate surface area is 231 Å². The van der Waals surface area contributed by atoms with Gasteiger partial charge in [0, 0.05) is 30.1 Å². The fraction of sp³-hybridized carbons (Fsp3) is 0.226. The lowest BCUT2D eigenvalue weighted by atomic mass is 10.1. The number of halogens is 3. The minimum atomic E-state index is -4.34. The molecule has 0 spiro atoms. The van der Waals surface area contributed by atoms with Crippen LogP contribution in [-0.4, -0.2) is 25.9 Å². The maximum atomic E-state index is 12.8. The number of alkyl halides is 3. The van der Waals surface area contributed by atoms with Gasteiger partial charge in [-0.2, -0.15) is 13.2 Å². The zero-order chi connectivity index (χ0) is 28.5. The molecule has 0 bridgehead atoms. The van der Waals surface area contributed by atoms with E-state index in [1.807, 2.05) is 48.5 Å². The van der Waals surface area contributed by atoms with Gasteiger partial charge < -0.3 is 30.0 Å². The van der Waals surface area contributed by atoms with E-state index in [1.165, 1.54) is 12.1 Å². The van der Waals surface area contributed by atoms with Crippen molar-refractivity contribution in [2.45, 2.75) is 25.7 Å². The summed E-state index contributed by atoms with van der Waals surface area (Å²) < 4.78 is 55.5. The molecule has 0 saturated carbocycles. The molecule has 0 aliphatic heterocycles. The summed E-state index contributed by atoms with van der Waals surface area (Å²) in [5, 5.41) is 15.8. The van der Waals surface area contributed by atoms with Crippen LogP contribution in [0.15, 0.2) is 84.9 Å². The lowest BCUT2D eigenvalue weighted by molar-refractivity contribution is -0.137. The Morgan fingerprint density at radius 1 is 0.725 bits per heavy atom. The SMILES string of the molecule is COc1cc(Oc2ccc(Nc3ccc(CO)cc3)cc2)cc(OC)c1CNCCc1ccc(C(F)(F)F)cc1. The lowest BCUT2D eigenvalue weighted by Crippen LogP contribution is -2.18. The number of benzene rings is 4. The van der Waals surface area contributed by atoms with E-state index in [-0.39, 0.29) is 6.61 Å². The van der Waals surface area contributed by atoms with Crippen molar-refractivity contribution in [1.82, 2.24) is 5.32 Å². The van der Waals surface area contributed by atoms with E-state index in [0.717, 1.165) is 40.2 Å². The molecule has 0 aliphatic carbocycles. The standard InChI is InChI=1S/C31H31F3N2O4/c1-38-29-17-27(40-26-13-11-25(12-14-26)36-24-9-5-22(20-37)6-10-24)18-30(39-2)28(29)19-35-16-15-21-3-7-23(8-4-21)31(32,33)34/h3-14,17-18,35-37H,15-16,19-20H2,1-2H3. The van der Waals surface area contributed by atoms with Gasteiger partial charge in [-0.3, -0.25) is 0 Å². The summed E-state index contributed by atoms with van der Waals surface area (Å²) >= 11 is 0. The summed E-state index contributed by atoms with van der Waals surface area (Å²) in [6.45, 7) is 1.00. The molecule has 4 aromatic rings. The predicted octanol–water partition coefficient (Wildman–Crippen LogP) is 7.08. The number of hydrogen-bond donors (Lipinski definition) is 3. The van der Waals surface area contributed by atoms with Crippen molar-refractivity contribution in [3.63, 3.8) is 0 Å². The number of ether oxygens (including phenoxy) is 3. The zero-order valence-electron chi connectivity index (χ0n) is 22.2. The molecule has 0 fully saturated rings. The van der Waals surface area contributed by atoms with Crippen LogP contribution in [0.4, 0.5) is 24.5 Å². The quantitative estimate of drug-likeness (QED) is 0.163. The lowest BCUT2D eigenvalue weighted by Gasteiger charge is -2.17. The monoisotopic (exact) mass is 552 g/mol. The first-order valence-corrected chi connectivity index (χ1v) is 12.7. The summed E-state index contributed by atoms with van der Waals surface area (Å²) in [5.41, 5.74) is 3.60. The van der Waals surface area contributed by atoms with Crippen molar-refractivity contribution in [2.75, 3.05) is 26.1 Å². The summed E-state index contributed by atoms with van der Waals surface area (Å²) in [7, 11) is 3.13. The molecule has 210 valence electrons. The van der Waals surface area contributed by atoms with Crippen LogP contribution in [-0.2, 0) is 25.7 Å². The highest BCUT2D eigenvalue weighted by Crippen LogP contribution is 2.36. The smallest absolute Gasteiger partial charge is 0.416 e. The molecule has 3 N–H and O–H groups in total. The summed E-state index contributed by atoms with van der Waals surface area (Å²) in [6, 6.07) is 23.8. The van der Waals surface area contributed by atoms with Crippen LogP contribution in [0.1, 0.15) is 22.3 Å². The molecule has 0 radical (unpaired) electrons. The number of aliphatic hydroxyl groups is 1. The van der Waals surface area contributed by atoms with E-state index < -0.39 is 11.7 Å². The molecule has 4 rings (SSSR count). The minimum absolute atomic E-state index is 0.00522. The van der Waals surface area contributed by atoms with Crippen LogP contribution in [0.2, 0.25) is 0 Å². The molecule has 0 unspecified atom stereocenters. The Balaban J connectivity index is 1.36. The molecular weight excluding hydrogens is 521 g/mol. The molecule has 0 saturated heterocycles. The third kappa shape index (κ3) is 7.68. The highest BCUT2D eigenvalue weighted by atomic mass is 19.4. The highest BCUT2D eigenvalue weighted by molar-refractivity contribution is 5.61. The summed E-state index contributed by atoms with van der Waals surface area (Å²) in [4.78, 5) is 0. The largest absolute Gasteiger partial charge is 0.496 e. The van der Waals surface area contributed by atoms with Gasteiger partial charge >= 0.3 is 6.18 Å². The normalized spacial score (nSPS) is 11.2. The molecule has 0 aromatic heterocycles. The van der Waals surface area contributed by atoms with Crippen LogP contribution >= 0.6 is 0 Å². The Morgan fingerprint density at radius 3 is 1.80 bits per heavy atom. The van der Waals surface area contributed by atoms with Crippen molar-refractivity contribution < 1.29 is 32.5 Å². The molecular formula is C31H31F3N2O4. The van der Waals surface area contributed by atoms with E-state index in [9.17, 15) is 18.3 Å². The van der Waals surface area contributed by atoms with E-state index in [2.05, 4.69) is 10.6 Å². The van der Waals surface area contributed by atoms with Crippen molar-refractivity contribution in [3.05, 3.63) is 107 Å². The summed E-state index contributed by atoms with van der Waals surface area (Å²) in [5.74, 6) is 2.34. The number of rotatable bonds is 12. The minimum Gasteiger partial charge on any atom is -0.496 e. The third-order valence-electron chi connectivity index (χ3n) is 6.27. The van der Waals surface area contributed by atoms with Crippen LogP contribution in [0.25, 0.3) is 0 Å². The number of nitrogens with one attached hydrogen (secondary N) is 2. The van der Waals surface area contributed by atoms with Gasteiger partial charge in [0.1, 0.15) is 23.0 Å². The Bertz CT molecular complexity index is 1350. The number of methoxy groups -OCH3 is 2. The average Bonchev–Trinajstić information content (AvgIpc) is 2.96. The van der Waals surface area contributed by atoms with Crippen molar-refractivity contribution in [2.24, 2.45) is 0 Å². The van der Waals surface area contributed by atoms with Gasteiger partial charge in [-0.1, -0.05) is 24.3 Å². The second kappa shape index (κ2) is 13.2. The van der Waals surface area contributed by atoms with Gasteiger partial charge in [0.05, 0.1) is 32.0 Å². The second-order valence-electron chi connectivity index (χ2n) is 9.03. The maximum absolute atomic E-state index is 12.8. The molecule has 40 heavy (non-hydrogen) atoms. The molecule has 0 aliphatic rings. The summed E-state index contributed by atoms with van der Waals surface area (Å²) in [6.07, 6.45) is -3.77. The van der Waals surface area contributed by atoms with E-state index in [0.29, 0.717) is 42.5 Å². The van der Waals surface area contributed by atoms with Gasteiger partial charge in [0.2, 0.25) is 0 Å². The number of anilines is 2. The van der Waals surface area contributed by atoms with Crippen LogP contribution in [0.5, 0.6) is 23.0 Å². The molecule has 6 nitrogen and oxygen atoms in total. The fourth-order valence-corrected chi connectivity index (χ4v) is 4.10. The first-order chi connectivity index (χ1) is 19.3. The first kappa shape index (κ1) is 28.8. The fourth-order valence-electron chi connectivity index (χ4n) is 4.10. The Kier molecular flexibility index (Phi) is 9.52. The van der Waals surface area contributed by atoms with Crippen LogP contribution in [0.3, 0.4) is 0 Å². The predicted molar refractivity (Wildman–Crippen MR) is 149 cm³/mol. The Hall–Kier alpha value is -4.21. The van der Waals surface area contributed by atoms with E-state index in [1.54, 1.807) is 26.4 Å². The Morgan fingerprint density at radius 2 is 1.27 bits per heavy atom. The maximum Gasteiger partial charge on any atom is 0.416 e. The van der Waals surface area contributed by atoms with Gasteiger partial charge in [-0.15, -0.1) is 0 Å². The third-order valence-corrected chi connectivity index (χ3v) is 6.27. The molecule has 0 amide bonds. The topological polar surface area (TPSA) is 72.0 Å². The van der Waals surface area contributed by atoms with Crippen molar-refractivity contribution in [1.29, 1.82) is 0 Å². The van der Waals surface area contributed by atoms with Crippen LogP contribution in [0, 0.1) is 0 Å². The van der Waals surface area contributed by atoms with E-state index in [4.69, 9.17) is 14.2 Å². The first-order valence-electron chi connectivity index (χ1n) is 12.7. The average molecular weight is 553 g/mol. The van der Waals surface area contributed by atoms with Crippen molar-refractivity contribution in [3.8, 4) is 23.0 Å². The second-order valence-corrected chi connectivity index (χ2v) is 9.03. The van der Waals surface area contributed by atoms with E-state index >= 15 is 0 Å².